The van der Waals surface area contributed by atoms with Crippen molar-refractivity contribution in [2.24, 2.45) is 13.0 Å². The van der Waals surface area contributed by atoms with Crippen LogP contribution in [0.4, 0.5) is 0 Å². The van der Waals surface area contributed by atoms with E-state index in [0.717, 1.165) is 31.9 Å². The molecule has 1 aliphatic heterocycles. The predicted molar refractivity (Wildman–Crippen MR) is 47.5 cm³/mol. The SMILES string of the molecule is Cn1cc(O)nc1CC1CCOC1. The molecular weight excluding hydrogens is 168 g/mol. The van der Waals surface area contributed by atoms with Gasteiger partial charge in [-0.3, -0.25) is 0 Å². The quantitative estimate of drug-likeness (QED) is 0.732. The number of nitrogens with zero attached hydrogens (tertiary/aromatic N) is 2. The highest BCUT2D eigenvalue weighted by Crippen LogP contribution is 2.18. The molecule has 0 aromatic carbocycles. The van der Waals surface area contributed by atoms with Gasteiger partial charge in [-0.1, -0.05) is 0 Å². The van der Waals surface area contributed by atoms with Crippen molar-refractivity contribution in [3.05, 3.63) is 12.0 Å². The Bertz CT molecular complexity index is 290. The summed E-state index contributed by atoms with van der Waals surface area (Å²) < 4.78 is 7.15. The lowest BCUT2D eigenvalue weighted by Gasteiger charge is -2.05. The zero-order valence-electron chi connectivity index (χ0n) is 7.73. The van der Waals surface area contributed by atoms with Crippen molar-refractivity contribution in [2.75, 3.05) is 13.2 Å². The van der Waals surface area contributed by atoms with E-state index in [-0.39, 0.29) is 5.88 Å². The molecule has 1 fully saturated rings. The van der Waals surface area contributed by atoms with Gasteiger partial charge < -0.3 is 14.4 Å². The van der Waals surface area contributed by atoms with Crippen molar-refractivity contribution in [3.8, 4) is 5.88 Å². The molecule has 1 aromatic rings. The van der Waals surface area contributed by atoms with Crippen LogP contribution in [0, 0.1) is 5.92 Å². The van der Waals surface area contributed by atoms with Crippen molar-refractivity contribution >= 4 is 0 Å². The van der Waals surface area contributed by atoms with Crippen LogP contribution in [-0.4, -0.2) is 27.9 Å². The summed E-state index contributed by atoms with van der Waals surface area (Å²) in [5.41, 5.74) is 0. The molecule has 1 N–H and O–H groups in total. The first kappa shape index (κ1) is 8.56. The van der Waals surface area contributed by atoms with E-state index >= 15 is 0 Å². The fourth-order valence-electron chi connectivity index (χ4n) is 1.68. The van der Waals surface area contributed by atoms with Gasteiger partial charge in [0.05, 0.1) is 6.20 Å². The highest BCUT2D eigenvalue weighted by Gasteiger charge is 2.18. The van der Waals surface area contributed by atoms with Crippen LogP contribution in [-0.2, 0) is 18.2 Å². The Morgan fingerprint density at radius 3 is 3.15 bits per heavy atom. The van der Waals surface area contributed by atoms with Crippen LogP contribution in [0.1, 0.15) is 12.2 Å². The molecule has 1 saturated heterocycles. The van der Waals surface area contributed by atoms with Gasteiger partial charge in [0.2, 0.25) is 5.88 Å². The van der Waals surface area contributed by atoms with Gasteiger partial charge in [-0.05, 0) is 12.3 Å². The van der Waals surface area contributed by atoms with Crippen LogP contribution < -0.4 is 0 Å². The third-order valence-corrected chi connectivity index (χ3v) is 2.46. The van der Waals surface area contributed by atoms with Crippen LogP contribution >= 0.6 is 0 Å². The summed E-state index contributed by atoms with van der Waals surface area (Å²) in [7, 11) is 1.90. The Labute approximate surface area is 77.2 Å². The monoisotopic (exact) mass is 182 g/mol. The number of aromatic nitrogens is 2. The molecule has 0 spiro atoms. The third-order valence-electron chi connectivity index (χ3n) is 2.46. The summed E-state index contributed by atoms with van der Waals surface area (Å²) in [6.07, 6.45) is 3.63. The van der Waals surface area contributed by atoms with Gasteiger partial charge in [-0.2, -0.15) is 4.98 Å². The standard InChI is InChI=1S/C9H14N2O2/c1-11-5-9(12)10-8(11)4-7-2-3-13-6-7/h5,7,12H,2-4,6H2,1H3. The molecule has 2 rings (SSSR count). The first-order valence-electron chi connectivity index (χ1n) is 4.54. The Balaban J connectivity index is 2.03. The van der Waals surface area contributed by atoms with Crippen molar-refractivity contribution in [1.29, 1.82) is 0 Å². The molecule has 0 saturated carbocycles. The van der Waals surface area contributed by atoms with E-state index in [2.05, 4.69) is 4.98 Å². The van der Waals surface area contributed by atoms with Crippen LogP contribution in [0.15, 0.2) is 6.20 Å². The molecule has 1 atom stereocenters. The van der Waals surface area contributed by atoms with Crippen LogP contribution in [0.2, 0.25) is 0 Å². The number of imidazole rings is 1. The van der Waals surface area contributed by atoms with Gasteiger partial charge in [0.1, 0.15) is 5.82 Å². The summed E-state index contributed by atoms with van der Waals surface area (Å²) in [5, 5.41) is 9.14. The topological polar surface area (TPSA) is 47.3 Å². The number of aromatic hydroxyl groups is 1. The fourth-order valence-corrected chi connectivity index (χ4v) is 1.68. The second-order valence-electron chi connectivity index (χ2n) is 3.56. The average Bonchev–Trinajstić information content (AvgIpc) is 2.63. The first-order valence-corrected chi connectivity index (χ1v) is 4.54. The molecule has 4 nitrogen and oxygen atoms in total. The largest absolute Gasteiger partial charge is 0.492 e. The molecule has 0 radical (unpaired) electrons. The Kier molecular flexibility index (Phi) is 2.22. The molecule has 4 heteroatoms. The number of aryl methyl sites for hydroxylation is 1. The molecule has 0 aliphatic carbocycles. The summed E-state index contributed by atoms with van der Waals surface area (Å²) in [5.74, 6) is 1.62. The summed E-state index contributed by atoms with van der Waals surface area (Å²) in [6, 6.07) is 0. The van der Waals surface area contributed by atoms with Gasteiger partial charge in [-0.25, -0.2) is 0 Å². The van der Waals surface area contributed by atoms with E-state index in [1.807, 2.05) is 11.6 Å². The van der Waals surface area contributed by atoms with E-state index in [9.17, 15) is 0 Å². The maximum atomic E-state index is 9.14. The minimum absolute atomic E-state index is 0.108. The molecular formula is C9H14N2O2. The second kappa shape index (κ2) is 3.38. The smallest absolute Gasteiger partial charge is 0.229 e. The number of ether oxygens (including phenoxy) is 1. The average molecular weight is 182 g/mol. The van der Waals surface area contributed by atoms with E-state index in [0.29, 0.717) is 5.92 Å². The van der Waals surface area contributed by atoms with E-state index in [4.69, 9.17) is 9.84 Å². The second-order valence-corrected chi connectivity index (χ2v) is 3.56. The van der Waals surface area contributed by atoms with Gasteiger partial charge in [0.15, 0.2) is 0 Å². The molecule has 2 heterocycles. The zero-order valence-corrected chi connectivity index (χ0v) is 7.73. The van der Waals surface area contributed by atoms with Gasteiger partial charge >= 0.3 is 0 Å². The fraction of sp³-hybridized carbons (Fsp3) is 0.667. The van der Waals surface area contributed by atoms with E-state index < -0.39 is 0 Å². The maximum absolute atomic E-state index is 9.14. The lowest BCUT2D eigenvalue weighted by Crippen LogP contribution is -2.08. The lowest BCUT2D eigenvalue weighted by molar-refractivity contribution is 0.185. The van der Waals surface area contributed by atoms with Crippen LogP contribution in [0.25, 0.3) is 0 Å². The molecule has 72 valence electrons. The summed E-state index contributed by atoms with van der Waals surface area (Å²) in [6.45, 7) is 1.69. The van der Waals surface area contributed by atoms with Gasteiger partial charge in [-0.15, -0.1) is 0 Å². The predicted octanol–water partition coefficient (Wildman–Crippen LogP) is 0.705. The Morgan fingerprint density at radius 1 is 1.77 bits per heavy atom. The lowest BCUT2D eigenvalue weighted by atomic mass is 10.1. The van der Waals surface area contributed by atoms with Gasteiger partial charge in [0, 0.05) is 26.7 Å². The maximum Gasteiger partial charge on any atom is 0.229 e. The van der Waals surface area contributed by atoms with Crippen molar-refractivity contribution in [2.45, 2.75) is 12.8 Å². The Hall–Kier alpha value is -1.03. The molecule has 1 aliphatic rings. The van der Waals surface area contributed by atoms with Crippen LogP contribution in [0.5, 0.6) is 5.88 Å². The molecule has 1 aromatic heterocycles. The van der Waals surface area contributed by atoms with E-state index in [1.165, 1.54) is 0 Å². The number of rotatable bonds is 2. The van der Waals surface area contributed by atoms with Crippen molar-refractivity contribution in [3.63, 3.8) is 0 Å². The minimum Gasteiger partial charge on any atom is -0.492 e. The minimum atomic E-state index is 0.108. The van der Waals surface area contributed by atoms with E-state index in [1.54, 1.807) is 6.20 Å². The van der Waals surface area contributed by atoms with Crippen LogP contribution in [0.3, 0.4) is 0 Å². The van der Waals surface area contributed by atoms with Crippen molar-refractivity contribution < 1.29 is 9.84 Å². The molecule has 0 amide bonds. The highest BCUT2D eigenvalue weighted by molar-refractivity contribution is 5.08. The summed E-state index contributed by atoms with van der Waals surface area (Å²) >= 11 is 0. The Morgan fingerprint density at radius 2 is 2.62 bits per heavy atom. The highest BCUT2D eigenvalue weighted by atomic mass is 16.5. The first-order chi connectivity index (χ1) is 6.25. The number of hydrogen-bond donors (Lipinski definition) is 1. The number of hydrogen-bond acceptors (Lipinski definition) is 3. The third kappa shape index (κ3) is 1.83. The zero-order chi connectivity index (χ0) is 9.26. The normalized spacial score (nSPS) is 22.4. The molecule has 13 heavy (non-hydrogen) atoms. The summed E-state index contributed by atoms with van der Waals surface area (Å²) in [4.78, 5) is 4.04. The van der Waals surface area contributed by atoms with Gasteiger partial charge in [0.25, 0.3) is 0 Å². The van der Waals surface area contributed by atoms with Crippen molar-refractivity contribution in [1.82, 2.24) is 9.55 Å². The molecule has 1 unspecified atom stereocenters. The molecule has 0 bridgehead atoms.